The van der Waals surface area contributed by atoms with Crippen molar-refractivity contribution >= 4 is 5.91 Å². The average Bonchev–Trinajstić information content (AvgIpc) is 2.05. The van der Waals surface area contributed by atoms with Gasteiger partial charge in [-0.3, -0.25) is 4.79 Å². The predicted octanol–water partition coefficient (Wildman–Crippen LogP) is -0.143. The molecular formula is C9H20N2O2. The second-order valence-corrected chi connectivity index (χ2v) is 3.56. The Morgan fingerprint density at radius 3 is 2.31 bits per heavy atom. The largest absolute Gasteiger partial charge is 0.395 e. The van der Waals surface area contributed by atoms with Gasteiger partial charge >= 0.3 is 0 Å². The number of nitrogens with one attached hydrogen (secondary N) is 1. The quantitative estimate of drug-likeness (QED) is 0.543. The lowest BCUT2D eigenvalue weighted by atomic mass is 10.0. The molecule has 1 amide bonds. The van der Waals surface area contributed by atoms with Crippen LogP contribution in [-0.2, 0) is 4.79 Å². The molecule has 0 aromatic rings. The lowest BCUT2D eigenvalue weighted by Crippen LogP contribution is -2.49. The number of aliphatic hydroxyl groups excluding tert-OH is 1. The third-order valence-electron chi connectivity index (χ3n) is 2.17. The summed E-state index contributed by atoms with van der Waals surface area (Å²) in [5.41, 5.74) is 5.17. The van der Waals surface area contributed by atoms with Crippen molar-refractivity contribution in [3.63, 3.8) is 0 Å². The third kappa shape index (κ3) is 4.24. The first-order valence-corrected chi connectivity index (χ1v) is 4.69. The van der Waals surface area contributed by atoms with Crippen LogP contribution in [0.1, 0.15) is 27.2 Å². The molecule has 4 heteroatoms. The van der Waals surface area contributed by atoms with E-state index in [1.165, 1.54) is 0 Å². The number of amides is 1. The molecule has 78 valence electrons. The van der Waals surface area contributed by atoms with E-state index in [0.717, 1.165) is 0 Å². The summed E-state index contributed by atoms with van der Waals surface area (Å²) in [6.45, 7) is 5.89. The van der Waals surface area contributed by atoms with Crippen LogP contribution in [0.5, 0.6) is 0 Å². The lowest BCUT2D eigenvalue weighted by Gasteiger charge is -2.24. The van der Waals surface area contributed by atoms with Gasteiger partial charge in [-0.2, -0.15) is 0 Å². The summed E-state index contributed by atoms with van der Waals surface area (Å²) in [6, 6.07) is -0.392. The minimum absolute atomic E-state index is 0.0292. The van der Waals surface area contributed by atoms with E-state index in [0.29, 0.717) is 12.3 Å². The minimum Gasteiger partial charge on any atom is -0.395 e. The Kier molecular flexibility index (Phi) is 5.66. The van der Waals surface area contributed by atoms with Crippen LogP contribution in [0.3, 0.4) is 0 Å². The van der Waals surface area contributed by atoms with E-state index in [9.17, 15) is 4.79 Å². The van der Waals surface area contributed by atoms with Crippen molar-refractivity contribution < 1.29 is 9.90 Å². The summed E-state index contributed by atoms with van der Waals surface area (Å²) in [4.78, 5) is 10.9. The monoisotopic (exact) mass is 188 g/mol. The van der Waals surface area contributed by atoms with Crippen LogP contribution in [0.2, 0.25) is 0 Å². The Hall–Kier alpha value is -0.610. The fourth-order valence-corrected chi connectivity index (χ4v) is 1.12. The fraction of sp³-hybridized carbons (Fsp3) is 0.889. The van der Waals surface area contributed by atoms with Crippen molar-refractivity contribution in [3.05, 3.63) is 0 Å². The Morgan fingerprint density at radius 1 is 1.54 bits per heavy atom. The number of rotatable bonds is 6. The van der Waals surface area contributed by atoms with Crippen LogP contribution >= 0.6 is 0 Å². The van der Waals surface area contributed by atoms with Gasteiger partial charge in [0.25, 0.3) is 0 Å². The molecule has 0 aliphatic carbocycles. The van der Waals surface area contributed by atoms with E-state index in [1.54, 1.807) is 0 Å². The molecule has 0 saturated heterocycles. The van der Waals surface area contributed by atoms with Crippen LogP contribution in [-0.4, -0.2) is 29.7 Å². The number of carbonyl (C=O) groups is 1. The van der Waals surface area contributed by atoms with Gasteiger partial charge in [-0.05, 0) is 12.3 Å². The lowest BCUT2D eigenvalue weighted by molar-refractivity contribution is -0.120. The van der Waals surface area contributed by atoms with Crippen molar-refractivity contribution in [2.75, 3.05) is 6.61 Å². The van der Waals surface area contributed by atoms with Gasteiger partial charge < -0.3 is 16.2 Å². The molecule has 0 heterocycles. The van der Waals surface area contributed by atoms with Gasteiger partial charge in [0, 0.05) is 6.04 Å². The zero-order valence-corrected chi connectivity index (χ0v) is 8.58. The molecule has 0 radical (unpaired) electrons. The molecule has 0 saturated carbocycles. The normalized spacial score (nSPS) is 15.8. The molecule has 0 spiro atoms. The molecule has 0 aliphatic rings. The summed E-state index contributed by atoms with van der Waals surface area (Å²) < 4.78 is 0. The van der Waals surface area contributed by atoms with Crippen LogP contribution < -0.4 is 11.1 Å². The van der Waals surface area contributed by atoms with Crippen molar-refractivity contribution in [3.8, 4) is 0 Å². The summed E-state index contributed by atoms with van der Waals surface area (Å²) in [5, 5.41) is 12.0. The molecule has 0 aromatic heterocycles. The molecule has 0 rings (SSSR count). The summed E-state index contributed by atoms with van der Waals surface area (Å²) >= 11 is 0. The van der Waals surface area contributed by atoms with E-state index in [1.807, 2.05) is 20.8 Å². The summed E-state index contributed by atoms with van der Waals surface area (Å²) in [7, 11) is 0. The number of aliphatic hydroxyl groups is 1. The Bertz CT molecular complexity index is 160. The first-order valence-electron chi connectivity index (χ1n) is 4.69. The van der Waals surface area contributed by atoms with E-state index in [-0.39, 0.29) is 24.6 Å². The number of carbonyl (C=O) groups excluding carboxylic acids is 1. The van der Waals surface area contributed by atoms with E-state index in [4.69, 9.17) is 10.8 Å². The highest BCUT2D eigenvalue weighted by Gasteiger charge is 2.19. The smallest absolute Gasteiger partial charge is 0.234 e. The molecule has 2 atom stereocenters. The molecule has 4 N–H and O–H groups in total. The van der Waals surface area contributed by atoms with Crippen molar-refractivity contribution in [2.24, 2.45) is 11.7 Å². The van der Waals surface area contributed by atoms with Crippen molar-refractivity contribution in [1.29, 1.82) is 0 Å². The third-order valence-corrected chi connectivity index (χ3v) is 2.17. The minimum atomic E-state index is -0.360. The molecule has 0 aromatic carbocycles. The SMILES string of the molecule is CCC(NC(CO)C(C)C)C(N)=O. The second-order valence-electron chi connectivity index (χ2n) is 3.56. The van der Waals surface area contributed by atoms with Gasteiger partial charge in [0.2, 0.25) is 5.91 Å². The number of hydrogen-bond acceptors (Lipinski definition) is 3. The van der Waals surface area contributed by atoms with Crippen LogP contribution in [0.15, 0.2) is 0 Å². The highest BCUT2D eigenvalue weighted by molar-refractivity contribution is 5.79. The van der Waals surface area contributed by atoms with E-state index in [2.05, 4.69) is 5.32 Å². The highest BCUT2D eigenvalue weighted by atomic mass is 16.3. The van der Waals surface area contributed by atoms with Gasteiger partial charge in [-0.25, -0.2) is 0 Å². The Balaban J connectivity index is 4.11. The summed E-state index contributed by atoms with van der Waals surface area (Å²) in [5.74, 6) is -0.0694. The zero-order valence-electron chi connectivity index (χ0n) is 8.58. The van der Waals surface area contributed by atoms with Crippen LogP contribution in [0.4, 0.5) is 0 Å². The first-order chi connectivity index (χ1) is 6.02. The zero-order chi connectivity index (χ0) is 10.4. The van der Waals surface area contributed by atoms with Gasteiger partial charge in [-0.1, -0.05) is 20.8 Å². The van der Waals surface area contributed by atoms with Gasteiger partial charge in [-0.15, -0.1) is 0 Å². The Morgan fingerprint density at radius 2 is 2.08 bits per heavy atom. The van der Waals surface area contributed by atoms with Gasteiger partial charge in [0.1, 0.15) is 0 Å². The highest BCUT2D eigenvalue weighted by Crippen LogP contribution is 2.03. The van der Waals surface area contributed by atoms with E-state index < -0.39 is 0 Å². The summed E-state index contributed by atoms with van der Waals surface area (Å²) in [6.07, 6.45) is 0.651. The number of primary amides is 1. The first kappa shape index (κ1) is 12.4. The molecule has 13 heavy (non-hydrogen) atoms. The Labute approximate surface area is 79.5 Å². The predicted molar refractivity (Wildman–Crippen MR) is 52.1 cm³/mol. The number of hydrogen-bond donors (Lipinski definition) is 3. The molecule has 2 unspecified atom stereocenters. The molecule has 0 bridgehead atoms. The van der Waals surface area contributed by atoms with E-state index >= 15 is 0 Å². The van der Waals surface area contributed by atoms with Crippen LogP contribution in [0, 0.1) is 5.92 Å². The maximum atomic E-state index is 10.9. The second kappa shape index (κ2) is 5.94. The molecule has 4 nitrogen and oxygen atoms in total. The fourth-order valence-electron chi connectivity index (χ4n) is 1.12. The maximum Gasteiger partial charge on any atom is 0.234 e. The molecule has 0 fully saturated rings. The topological polar surface area (TPSA) is 75.3 Å². The number of nitrogens with two attached hydrogens (primary N) is 1. The molecular weight excluding hydrogens is 168 g/mol. The average molecular weight is 188 g/mol. The standard InChI is InChI=1S/C9H20N2O2/c1-4-7(9(10)13)11-8(5-12)6(2)3/h6-8,11-12H,4-5H2,1-3H3,(H2,10,13). The van der Waals surface area contributed by atoms with Gasteiger partial charge in [0.05, 0.1) is 12.6 Å². The molecule has 0 aliphatic heterocycles. The van der Waals surface area contributed by atoms with Crippen molar-refractivity contribution in [1.82, 2.24) is 5.32 Å². The maximum absolute atomic E-state index is 10.9. The van der Waals surface area contributed by atoms with Crippen LogP contribution in [0.25, 0.3) is 0 Å². The van der Waals surface area contributed by atoms with Gasteiger partial charge in [0.15, 0.2) is 0 Å². The van der Waals surface area contributed by atoms with Crippen molar-refractivity contribution in [2.45, 2.75) is 39.3 Å².